The number of hydrogen-bond acceptors (Lipinski definition) is 2. The maximum atomic E-state index is 12.2. The first-order valence-corrected chi connectivity index (χ1v) is 6.70. The van der Waals surface area contributed by atoms with Crippen molar-refractivity contribution in [3.05, 3.63) is 35.9 Å². The van der Waals surface area contributed by atoms with Gasteiger partial charge in [0.1, 0.15) is 6.54 Å². The van der Waals surface area contributed by atoms with Crippen LogP contribution in [0.25, 0.3) is 0 Å². The van der Waals surface area contributed by atoms with Crippen LogP contribution in [-0.2, 0) is 4.74 Å². The van der Waals surface area contributed by atoms with Gasteiger partial charge in [-0.05, 0) is 12.1 Å². The standard InChI is InChI=1S/C15H21N2O2/c1-13-17(9-6-12-19-13)11-10-16(2)15(18)14-7-4-3-5-8-14/h3-5,7-8H,6,9-12H2,1-2H3/q+1. The van der Waals surface area contributed by atoms with E-state index in [1.165, 1.54) is 0 Å². The Morgan fingerprint density at radius 2 is 2.11 bits per heavy atom. The SMILES string of the molecule is CC1=[N+](CCN(C)C(=O)c2ccccc2)CCCO1. The molecule has 1 aliphatic heterocycles. The molecule has 0 saturated carbocycles. The highest BCUT2D eigenvalue weighted by Gasteiger charge is 2.19. The predicted molar refractivity (Wildman–Crippen MR) is 74.6 cm³/mol. The van der Waals surface area contributed by atoms with Gasteiger partial charge in [0, 0.05) is 19.0 Å². The molecule has 0 bridgehead atoms. The smallest absolute Gasteiger partial charge is 0.333 e. The minimum Gasteiger partial charge on any atom is -0.448 e. The maximum absolute atomic E-state index is 12.2. The Labute approximate surface area is 114 Å². The molecule has 0 aromatic heterocycles. The molecule has 0 N–H and O–H groups in total. The number of nitrogens with zero attached hydrogens (tertiary/aromatic N) is 2. The summed E-state index contributed by atoms with van der Waals surface area (Å²) >= 11 is 0. The average molecular weight is 261 g/mol. The second-order valence-electron chi connectivity index (χ2n) is 4.80. The molecule has 1 aromatic rings. The van der Waals surface area contributed by atoms with Crippen molar-refractivity contribution >= 4 is 11.8 Å². The van der Waals surface area contributed by atoms with E-state index in [-0.39, 0.29) is 5.91 Å². The Morgan fingerprint density at radius 1 is 1.37 bits per heavy atom. The molecule has 0 radical (unpaired) electrons. The van der Waals surface area contributed by atoms with Gasteiger partial charge in [0.15, 0.2) is 6.54 Å². The fourth-order valence-electron chi connectivity index (χ4n) is 2.17. The van der Waals surface area contributed by atoms with Crippen molar-refractivity contribution in [2.75, 3.05) is 33.3 Å². The lowest BCUT2D eigenvalue weighted by molar-refractivity contribution is -0.544. The number of rotatable bonds is 4. The van der Waals surface area contributed by atoms with Gasteiger partial charge in [0.2, 0.25) is 0 Å². The fourth-order valence-corrected chi connectivity index (χ4v) is 2.17. The van der Waals surface area contributed by atoms with Crippen molar-refractivity contribution in [1.29, 1.82) is 0 Å². The fraction of sp³-hybridized carbons (Fsp3) is 0.467. The molecule has 0 unspecified atom stereocenters. The van der Waals surface area contributed by atoms with Crippen LogP contribution in [0.4, 0.5) is 0 Å². The van der Waals surface area contributed by atoms with Gasteiger partial charge in [0.25, 0.3) is 5.91 Å². The first-order valence-electron chi connectivity index (χ1n) is 6.70. The minimum absolute atomic E-state index is 0.0659. The summed E-state index contributed by atoms with van der Waals surface area (Å²) in [6.07, 6.45) is 1.05. The van der Waals surface area contributed by atoms with E-state index in [0.29, 0.717) is 6.54 Å². The van der Waals surface area contributed by atoms with Gasteiger partial charge in [-0.25, -0.2) is 4.58 Å². The van der Waals surface area contributed by atoms with Gasteiger partial charge in [-0.2, -0.15) is 0 Å². The van der Waals surface area contributed by atoms with Crippen molar-refractivity contribution in [3.63, 3.8) is 0 Å². The number of benzene rings is 1. The molecule has 4 heteroatoms. The molecule has 0 spiro atoms. The van der Waals surface area contributed by atoms with E-state index in [9.17, 15) is 4.79 Å². The zero-order valence-corrected chi connectivity index (χ0v) is 11.6. The van der Waals surface area contributed by atoms with E-state index in [0.717, 1.165) is 37.6 Å². The molecule has 19 heavy (non-hydrogen) atoms. The van der Waals surface area contributed by atoms with Gasteiger partial charge >= 0.3 is 5.90 Å². The molecular weight excluding hydrogens is 240 g/mol. The summed E-state index contributed by atoms with van der Waals surface area (Å²) in [7, 11) is 1.84. The summed E-state index contributed by atoms with van der Waals surface area (Å²) in [5.74, 6) is 1.03. The van der Waals surface area contributed by atoms with Gasteiger partial charge < -0.3 is 9.64 Å². The molecule has 0 aliphatic carbocycles. The van der Waals surface area contributed by atoms with Gasteiger partial charge in [-0.15, -0.1) is 0 Å². The highest BCUT2D eigenvalue weighted by molar-refractivity contribution is 5.93. The summed E-state index contributed by atoms with van der Waals surface area (Å²) in [5.41, 5.74) is 0.737. The highest BCUT2D eigenvalue weighted by atomic mass is 16.5. The number of likely N-dealkylation sites (N-methyl/N-ethyl adjacent to an activating group) is 1. The number of amides is 1. The highest BCUT2D eigenvalue weighted by Crippen LogP contribution is 2.03. The molecule has 1 heterocycles. The Bertz CT molecular complexity index is 468. The van der Waals surface area contributed by atoms with E-state index in [4.69, 9.17) is 4.74 Å². The van der Waals surface area contributed by atoms with Crippen LogP contribution in [0.15, 0.2) is 30.3 Å². The number of carbonyl (C=O) groups excluding carboxylic acids is 1. The van der Waals surface area contributed by atoms with E-state index >= 15 is 0 Å². The zero-order valence-electron chi connectivity index (χ0n) is 11.6. The number of hydrogen-bond donors (Lipinski definition) is 0. The second-order valence-corrected chi connectivity index (χ2v) is 4.80. The topological polar surface area (TPSA) is 32.5 Å². The maximum Gasteiger partial charge on any atom is 0.333 e. The third-order valence-electron chi connectivity index (χ3n) is 3.40. The second kappa shape index (κ2) is 6.36. The summed E-state index contributed by atoms with van der Waals surface area (Å²) in [6, 6.07) is 9.38. The summed E-state index contributed by atoms with van der Waals surface area (Å²) < 4.78 is 7.70. The Balaban J connectivity index is 1.91. The number of ether oxygens (including phenoxy) is 1. The third kappa shape index (κ3) is 3.56. The average Bonchev–Trinajstić information content (AvgIpc) is 2.46. The van der Waals surface area contributed by atoms with Crippen LogP contribution in [0.2, 0.25) is 0 Å². The van der Waals surface area contributed by atoms with Crippen LogP contribution in [0.5, 0.6) is 0 Å². The first-order chi connectivity index (χ1) is 9.18. The van der Waals surface area contributed by atoms with E-state index in [1.54, 1.807) is 4.90 Å². The van der Waals surface area contributed by atoms with E-state index < -0.39 is 0 Å². The zero-order chi connectivity index (χ0) is 13.7. The van der Waals surface area contributed by atoms with E-state index in [2.05, 4.69) is 4.58 Å². The van der Waals surface area contributed by atoms with E-state index in [1.807, 2.05) is 44.3 Å². The van der Waals surface area contributed by atoms with Crippen LogP contribution < -0.4 is 0 Å². The molecule has 0 saturated heterocycles. The monoisotopic (exact) mass is 261 g/mol. The van der Waals surface area contributed by atoms with Crippen molar-refractivity contribution in [2.24, 2.45) is 0 Å². The molecule has 0 fully saturated rings. The summed E-state index contributed by atoms with van der Waals surface area (Å²) in [6.45, 7) is 5.33. The lowest BCUT2D eigenvalue weighted by atomic mass is 10.2. The Hall–Kier alpha value is -1.84. The first kappa shape index (κ1) is 13.6. The normalized spacial score (nSPS) is 15.1. The van der Waals surface area contributed by atoms with Crippen LogP contribution >= 0.6 is 0 Å². The van der Waals surface area contributed by atoms with Crippen LogP contribution in [-0.4, -0.2) is 54.6 Å². The lowest BCUT2D eigenvalue weighted by Gasteiger charge is -2.18. The van der Waals surface area contributed by atoms with Crippen molar-refractivity contribution in [1.82, 2.24) is 4.90 Å². The molecule has 102 valence electrons. The molecule has 1 aromatic carbocycles. The summed E-state index contributed by atoms with van der Waals surface area (Å²) in [4.78, 5) is 13.9. The molecule has 2 rings (SSSR count). The Morgan fingerprint density at radius 3 is 2.79 bits per heavy atom. The molecule has 1 aliphatic rings. The van der Waals surface area contributed by atoms with Crippen LogP contribution in [0.3, 0.4) is 0 Å². The lowest BCUT2D eigenvalue weighted by Crippen LogP contribution is -2.37. The predicted octanol–water partition coefficient (Wildman–Crippen LogP) is 1.61. The van der Waals surface area contributed by atoms with Crippen LogP contribution in [0.1, 0.15) is 23.7 Å². The van der Waals surface area contributed by atoms with Crippen molar-refractivity contribution in [2.45, 2.75) is 13.3 Å². The molecule has 1 amide bonds. The quantitative estimate of drug-likeness (QED) is 0.771. The number of carbonyl (C=O) groups is 1. The Kier molecular flexibility index (Phi) is 4.55. The third-order valence-corrected chi connectivity index (χ3v) is 3.40. The van der Waals surface area contributed by atoms with Crippen molar-refractivity contribution < 1.29 is 14.1 Å². The molecular formula is C15H21N2O2+. The van der Waals surface area contributed by atoms with Gasteiger partial charge in [-0.1, -0.05) is 18.2 Å². The molecule has 0 atom stereocenters. The van der Waals surface area contributed by atoms with Gasteiger partial charge in [0.05, 0.1) is 20.1 Å². The summed E-state index contributed by atoms with van der Waals surface area (Å²) in [5, 5.41) is 0. The minimum atomic E-state index is 0.0659. The van der Waals surface area contributed by atoms with Gasteiger partial charge in [-0.3, -0.25) is 4.79 Å². The molecule has 4 nitrogen and oxygen atoms in total. The van der Waals surface area contributed by atoms with Crippen molar-refractivity contribution in [3.8, 4) is 0 Å². The van der Waals surface area contributed by atoms with Crippen LogP contribution in [0, 0.1) is 0 Å². The largest absolute Gasteiger partial charge is 0.448 e.